The second-order valence-electron chi connectivity index (χ2n) is 7.94. The van der Waals surface area contributed by atoms with E-state index in [0.29, 0.717) is 18.1 Å². The Morgan fingerprint density at radius 2 is 1.77 bits per heavy atom. The van der Waals surface area contributed by atoms with Gasteiger partial charge in [0.05, 0.1) is 12.5 Å². The maximum atomic E-state index is 11.9. The van der Waals surface area contributed by atoms with Crippen molar-refractivity contribution < 1.29 is 14.7 Å². The van der Waals surface area contributed by atoms with Crippen molar-refractivity contribution in [2.24, 2.45) is 0 Å². The number of hydroxylamine groups is 1. The number of nitrogens with zero attached hydrogens (tertiary/aromatic N) is 1. The summed E-state index contributed by atoms with van der Waals surface area (Å²) in [5, 5.41) is 13.1. The van der Waals surface area contributed by atoms with Crippen molar-refractivity contribution in [1.82, 2.24) is 15.7 Å². The van der Waals surface area contributed by atoms with E-state index in [4.69, 9.17) is 21.5 Å². The second-order valence-corrected chi connectivity index (χ2v) is 8.37. The molecule has 7 heteroatoms. The molecule has 0 saturated carbocycles. The standard InChI is InChI=1S/C24H32ClN3O3/c1-2-31-23(16-24(29)27-30)22(15-18-5-9-21(25)10-6-18)20-7-3-19(4-8-20)17-28-13-11-26-12-14-28/h3-10,22-23,26,30H,2,11-17H2,1H3,(H,27,29)/t22-,23-/m1/s1. The third-order valence-electron chi connectivity index (χ3n) is 5.73. The summed E-state index contributed by atoms with van der Waals surface area (Å²) in [7, 11) is 0. The zero-order valence-electron chi connectivity index (χ0n) is 18.0. The summed E-state index contributed by atoms with van der Waals surface area (Å²) in [6.45, 7) is 7.52. The Labute approximate surface area is 189 Å². The lowest BCUT2D eigenvalue weighted by molar-refractivity contribution is -0.132. The highest BCUT2D eigenvalue weighted by Gasteiger charge is 2.27. The first-order valence-electron chi connectivity index (χ1n) is 10.9. The number of amides is 1. The summed E-state index contributed by atoms with van der Waals surface area (Å²) in [6.07, 6.45) is 0.440. The molecular weight excluding hydrogens is 414 g/mol. The van der Waals surface area contributed by atoms with Gasteiger partial charge in [-0.25, -0.2) is 5.48 Å². The number of ether oxygens (including phenoxy) is 1. The third-order valence-corrected chi connectivity index (χ3v) is 5.99. The smallest absolute Gasteiger partial charge is 0.245 e. The maximum absolute atomic E-state index is 11.9. The lowest BCUT2D eigenvalue weighted by Crippen LogP contribution is -2.42. The van der Waals surface area contributed by atoms with Crippen LogP contribution in [0.15, 0.2) is 48.5 Å². The van der Waals surface area contributed by atoms with Gasteiger partial charge in [-0.2, -0.15) is 0 Å². The molecule has 1 saturated heterocycles. The molecule has 2 aromatic rings. The molecule has 3 N–H and O–H groups in total. The van der Waals surface area contributed by atoms with Crippen LogP contribution in [0.3, 0.4) is 0 Å². The van der Waals surface area contributed by atoms with Crippen molar-refractivity contribution in [2.45, 2.75) is 38.3 Å². The summed E-state index contributed by atoms with van der Waals surface area (Å²) in [5.41, 5.74) is 5.25. The molecule has 1 aliphatic heterocycles. The highest BCUT2D eigenvalue weighted by atomic mass is 35.5. The Morgan fingerprint density at radius 3 is 2.39 bits per heavy atom. The van der Waals surface area contributed by atoms with Crippen molar-refractivity contribution in [1.29, 1.82) is 0 Å². The quantitative estimate of drug-likeness (QED) is 0.386. The van der Waals surface area contributed by atoms with Crippen molar-refractivity contribution in [3.05, 3.63) is 70.2 Å². The number of rotatable bonds is 10. The van der Waals surface area contributed by atoms with Crippen molar-refractivity contribution in [3.63, 3.8) is 0 Å². The number of benzene rings is 2. The van der Waals surface area contributed by atoms with Gasteiger partial charge in [-0.1, -0.05) is 48.0 Å². The summed E-state index contributed by atoms with van der Waals surface area (Å²) in [6, 6.07) is 16.4. The van der Waals surface area contributed by atoms with Crippen LogP contribution in [0.1, 0.15) is 36.0 Å². The fourth-order valence-electron chi connectivity index (χ4n) is 4.10. The van der Waals surface area contributed by atoms with Gasteiger partial charge in [-0.05, 0) is 42.2 Å². The van der Waals surface area contributed by atoms with Gasteiger partial charge in [-0.15, -0.1) is 0 Å². The normalized spacial score (nSPS) is 16.6. The zero-order chi connectivity index (χ0) is 22.1. The second kappa shape index (κ2) is 12.2. The molecule has 1 fully saturated rings. The number of carbonyl (C=O) groups is 1. The van der Waals surface area contributed by atoms with E-state index >= 15 is 0 Å². The van der Waals surface area contributed by atoms with Gasteiger partial charge < -0.3 is 10.1 Å². The maximum Gasteiger partial charge on any atom is 0.245 e. The molecule has 31 heavy (non-hydrogen) atoms. The van der Waals surface area contributed by atoms with Gasteiger partial charge in [0.15, 0.2) is 0 Å². The Morgan fingerprint density at radius 1 is 1.13 bits per heavy atom. The van der Waals surface area contributed by atoms with Crippen LogP contribution in [0.25, 0.3) is 0 Å². The SMILES string of the molecule is CCO[C@H](CC(=O)NO)[C@H](Cc1ccc(Cl)cc1)c1ccc(CN2CCNCC2)cc1. The van der Waals surface area contributed by atoms with Crippen molar-refractivity contribution in [2.75, 3.05) is 32.8 Å². The third kappa shape index (κ3) is 7.30. The summed E-state index contributed by atoms with van der Waals surface area (Å²) < 4.78 is 5.97. The molecule has 0 spiro atoms. The van der Waals surface area contributed by atoms with E-state index in [1.165, 1.54) is 5.56 Å². The van der Waals surface area contributed by atoms with Crippen molar-refractivity contribution in [3.8, 4) is 0 Å². The lowest BCUT2D eigenvalue weighted by atomic mass is 9.85. The van der Waals surface area contributed by atoms with Crippen LogP contribution >= 0.6 is 11.6 Å². The predicted octanol–water partition coefficient (Wildman–Crippen LogP) is 3.37. The molecule has 1 amide bonds. The zero-order valence-corrected chi connectivity index (χ0v) is 18.8. The number of nitrogens with one attached hydrogen (secondary N) is 2. The first-order valence-corrected chi connectivity index (χ1v) is 11.3. The molecule has 1 aliphatic rings. The minimum atomic E-state index is -0.449. The van der Waals surface area contributed by atoms with Crippen LogP contribution in [0.2, 0.25) is 5.02 Å². The molecule has 0 aliphatic carbocycles. The lowest BCUT2D eigenvalue weighted by Gasteiger charge is -2.29. The summed E-state index contributed by atoms with van der Waals surface area (Å²) >= 11 is 6.05. The largest absolute Gasteiger partial charge is 0.377 e. The number of carbonyl (C=O) groups excluding carboxylic acids is 1. The average Bonchev–Trinajstić information content (AvgIpc) is 2.80. The molecular formula is C24H32ClN3O3. The minimum Gasteiger partial charge on any atom is -0.377 e. The fourth-order valence-corrected chi connectivity index (χ4v) is 4.22. The van der Waals surface area contributed by atoms with Gasteiger partial charge >= 0.3 is 0 Å². The van der Waals surface area contributed by atoms with Crippen molar-refractivity contribution >= 4 is 17.5 Å². The monoisotopic (exact) mass is 445 g/mol. The number of piperazine rings is 1. The Kier molecular flexibility index (Phi) is 9.31. The fraction of sp³-hybridized carbons (Fsp3) is 0.458. The van der Waals surface area contributed by atoms with E-state index in [9.17, 15) is 4.79 Å². The highest BCUT2D eigenvalue weighted by Crippen LogP contribution is 2.29. The Hall–Kier alpha value is -1.96. The van der Waals surface area contributed by atoms with E-state index < -0.39 is 5.91 Å². The topological polar surface area (TPSA) is 73.8 Å². The number of hydrogen-bond acceptors (Lipinski definition) is 5. The molecule has 1 heterocycles. The summed E-state index contributed by atoms with van der Waals surface area (Å²) in [5.74, 6) is -0.485. The Bertz CT molecular complexity index is 808. The van der Waals surface area contributed by atoms with Gasteiger partial charge in [0.2, 0.25) is 5.91 Å². The number of hydrogen-bond donors (Lipinski definition) is 3. The van der Waals surface area contributed by atoms with E-state index in [-0.39, 0.29) is 18.4 Å². The molecule has 0 aromatic heterocycles. The molecule has 0 unspecified atom stereocenters. The summed E-state index contributed by atoms with van der Waals surface area (Å²) in [4.78, 5) is 14.4. The molecule has 3 rings (SSSR count). The van der Waals surface area contributed by atoms with E-state index in [1.54, 1.807) is 5.48 Å². The van der Waals surface area contributed by atoms with Gasteiger partial charge in [-0.3, -0.25) is 14.9 Å². The van der Waals surface area contributed by atoms with E-state index in [1.807, 2.05) is 31.2 Å². The Balaban J connectivity index is 1.81. The van der Waals surface area contributed by atoms with Crippen LogP contribution in [-0.2, 0) is 22.5 Å². The van der Waals surface area contributed by atoms with Crippen LogP contribution in [0, 0.1) is 0 Å². The van der Waals surface area contributed by atoms with Gasteiger partial charge in [0, 0.05) is 50.3 Å². The number of halogens is 1. The molecule has 2 aromatic carbocycles. The first kappa shape index (κ1) is 23.7. The predicted molar refractivity (Wildman–Crippen MR) is 122 cm³/mol. The van der Waals surface area contributed by atoms with Gasteiger partial charge in [0.25, 0.3) is 0 Å². The first-order chi connectivity index (χ1) is 15.1. The molecule has 0 radical (unpaired) electrons. The molecule has 168 valence electrons. The molecule has 2 atom stereocenters. The van der Waals surface area contributed by atoms with Crippen LogP contribution in [-0.4, -0.2) is 54.9 Å². The van der Waals surface area contributed by atoms with Crippen LogP contribution in [0.5, 0.6) is 0 Å². The molecule has 0 bridgehead atoms. The van der Waals surface area contributed by atoms with Crippen LogP contribution < -0.4 is 10.8 Å². The minimum absolute atomic E-state index is 0.0355. The van der Waals surface area contributed by atoms with E-state index in [0.717, 1.165) is 43.9 Å². The van der Waals surface area contributed by atoms with Crippen LogP contribution in [0.4, 0.5) is 0 Å². The highest BCUT2D eigenvalue weighted by molar-refractivity contribution is 6.30. The average molecular weight is 446 g/mol. The van der Waals surface area contributed by atoms with Gasteiger partial charge in [0.1, 0.15) is 0 Å². The van der Waals surface area contributed by atoms with E-state index in [2.05, 4.69) is 34.5 Å². The molecule has 6 nitrogen and oxygen atoms in total.